The van der Waals surface area contributed by atoms with Gasteiger partial charge in [0.2, 0.25) is 0 Å². The van der Waals surface area contributed by atoms with Crippen LogP contribution in [-0.4, -0.2) is 26.9 Å². The van der Waals surface area contributed by atoms with Crippen molar-refractivity contribution in [2.75, 3.05) is 12.3 Å². The third-order valence-electron chi connectivity index (χ3n) is 2.95. The van der Waals surface area contributed by atoms with Crippen LogP contribution >= 0.6 is 11.8 Å². The van der Waals surface area contributed by atoms with E-state index in [-0.39, 0.29) is 6.61 Å². The summed E-state index contributed by atoms with van der Waals surface area (Å²) in [6.07, 6.45) is 3.13. The minimum Gasteiger partial charge on any atom is -0.396 e. The van der Waals surface area contributed by atoms with Gasteiger partial charge in [-0.25, -0.2) is 9.97 Å². The fraction of sp³-hybridized carbons (Fsp3) is 0.667. The van der Waals surface area contributed by atoms with E-state index in [2.05, 4.69) is 16.9 Å². The average molecular weight is 253 g/mol. The van der Waals surface area contributed by atoms with Gasteiger partial charge in [0.05, 0.1) is 0 Å². The van der Waals surface area contributed by atoms with Gasteiger partial charge in [0, 0.05) is 23.3 Å². The lowest BCUT2D eigenvalue weighted by Gasteiger charge is -2.13. The first-order valence-corrected chi connectivity index (χ1v) is 6.91. The summed E-state index contributed by atoms with van der Waals surface area (Å²) in [4.78, 5) is 8.96. The highest BCUT2D eigenvalue weighted by Crippen LogP contribution is 2.40. The number of rotatable bonds is 5. The molecule has 17 heavy (non-hydrogen) atoms. The van der Waals surface area contributed by atoms with E-state index in [4.69, 9.17) is 10.8 Å². The summed E-state index contributed by atoms with van der Waals surface area (Å²) in [7, 11) is 0. The van der Waals surface area contributed by atoms with E-state index in [0.29, 0.717) is 17.0 Å². The smallest absolute Gasteiger partial charge is 0.135 e. The SMILES string of the molecule is Cc1c(N)nc(C2CC2)nc1SC(C)CCO. The van der Waals surface area contributed by atoms with Gasteiger partial charge < -0.3 is 10.8 Å². The summed E-state index contributed by atoms with van der Waals surface area (Å²) in [6, 6.07) is 0. The lowest BCUT2D eigenvalue weighted by atomic mass is 10.3. The number of nitrogens with zero attached hydrogens (tertiary/aromatic N) is 2. The van der Waals surface area contributed by atoms with Crippen molar-refractivity contribution in [1.29, 1.82) is 0 Å². The van der Waals surface area contributed by atoms with Crippen LogP contribution in [0.5, 0.6) is 0 Å². The summed E-state index contributed by atoms with van der Waals surface area (Å²) < 4.78 is 0. The van der Waals surface area contributed by atoms with E-state index in [0.717, 1.165) is 22.8 Å². The molecule has 0 bridgehead atoms. The Kier molecular flexibility index (Phi) is 3.89. The first-order chi connectivity index (χ1) is 8.11. The highest BCUT2D eigenvalue weighted by Gasteiger charge is 2.28. The van der Waals surface area contributed by atoms with E-state index >= 15 is 0 Å². The lowest BCUT2D eigenvalue weighted by Crippen LogP contribution is -2.06. The minimum atomic E-state index is 0.212. The molecule has 5 heteroatoms. The second kappa shape index (κ2) is 5.23. The van der Waals surface area contributed by atoms with Crippen molar-refractivity contribution in [3.8, 4) is 0 Å². The Labute approximate surface area is 106 Å². The second-order valence-electron chi connectivity index (χ2n) is 4.61. The molecular weight excluding hydrogens is 234 g/mol. The van der Waals surface area contributed by atoms with Crippen molar-refractivity contribution in [3.05, 3.63) is 11.4 Å². The van der Waals surface area contributed by atoms with E-state index in [1.54, 1.807) is 11.8 Å². The minimum absolute atomic E-state index is 0.212. The molecule has 1 aliphatic carbocycles. The summed E-state index contributed by atoms with van der Waals surface area (Å²) in [5.74, 6) is 2.01. The molecule has 2 rings (SSSR count). The predicted octanol–water partition coefficient (Wildman–Crippen LogP) is 2.11. The van der Waals surface area contributed by atoms with Gasteiger partial charge >= 0.3 is 0 Å². The van der Waals surface area contributed by atoms with Gasteiger partial charge in [-0.05, 0) is 26.2 Å². The molecule has 0 aromatic carbocycles. The largest absolute Gasteiger partial charge is 0.396 e. The Hall–Kier alpha value is -0.810. The average Bonchev–Trinajstić information content (AvgIpc) is 3.08. The molecule has 4 nitrogen and oxygen atoms in total. The Balaban J connectivity index is 2.19. The quantitative estimate of drug-likeness (QED) is 0.621. The molecule has 94 valence electrons. The van der Waals surface area contributed by atoms with E-state index in [1.807, 2.05) is 6.92 Å². The molecule has 1 aromatic heterocycles. The van der Waals surface area contributed by atoms with Crippen LogP contribution in [0.1, 0.15) is 43.5 Å². The monoisotopic (exact) mass is 253 g/mol. The number of aliphatic hydroxyl groups is 1. The molecular formula is C12H19N3OS. The van der Waals surface area contributed by atoms with Crippen LogP contribution in [-0.2, 0) is 0 Å². The fourth-order valence-corrected chi connectivity index (χ4v) is 2.63. The van der Waals surface area contributed by atoms with Crippen LogP contribution in [0.3, 0.4) is 0 Å². The van der Waals surface area contributed by atoms with Crippen LogP contribution in [0.2, 0.25) is 0 Å². The molecule has 0 spiro atoms. The molecule has 1 fully saturated rings. The lowest BCUT2D eigenvalue weighted by molar-refractivity contribution is 0.289. The molecule has 1 aliphatic rings. The first-order valence-electron chi connectivity index (χ1n) is 6.03. The van der Waals surface area contributed by atoms with Crippen LogP contribution < -0.4 is 5.73 Å². The Morgan fingerprint density at radius 1 is 1.47 bits per heavy atom. The summed E-state index contributed by atoms with van der Waals surface area (Å²) in [5.41, 5.74) is 6.89. The standard InChI is InChI=1S/C12H19N3OS/c1-7(5-6-16)17-12-8(2)10(13)14-11(15-12)9-3-4-9/h7,9,16H,3-6H2,1-2H3,(H2,13,14,15). The fourth-order valence-electron chi connectivity index (χ4n) is 1.60. The maximum atomic E-state index is 8.92. The van der Waals surface area contributed by atoms with E-state index < -0.39 is 0 Å². The number of aliphatic hydroxyl groups excluding tert-OH is 1. The van der Waals surface area contributed by atoms with Crippen molar-refractivity contribution >= 4 is 17.6 Å². The molecule has 3 N–H and O–H groups in total. The Morgan fingerprint density at radius 2 is 2.18 bits per heavy atom. The summed E-state index contributed by atoms with van der Waals surface area (Å²) >= 11 is 1.68. The molecule has 0 saturated heterocycles. The zero-order chi connectivity index (χ0) is 12.4. The molecule has 1 heterocycles. The van der Waals surface area contributed by atoms with Crippen LogP contribution in [0.4, 0.5) is 5.82 Å². The van der Waals surface area contributed by atoms with Crippen molar-refractivity contribution in [1.82, 2.24) is 9.97 Å². The van der Waals surface area contributed by atoms with Gasteiger partial charge in [-0.15, -0.1) is 11.8 Å². The maximum Gasteiger partial charge on any atom is 0.135 e. The number of aromatic nitrogens is 2. The predicted molar refractivity (Wildman–Crippen MR) is 70.2 cm³/mol. The zero-order valence-electron chi connectivity index (χ0n) is 10.3. The molecule has 0 amide bonds. The van der Waals surface area contributed by atoms with Gasteiger partial charge in [-0.3, -0.25) is 0 Å². The first kappa shape index (κ1) is 12.6. The normalized spacial score (nSPS) is 17.1. The maximum absolute atomic E-state index is 8.92. The molecule has 1 atom stereocenters. The molecule has 0 aliphatic heterocycles. The molecule has 1 unspecified atom stereocenters. The number of hydrogen-bond acceptors (Lipinski definition) is 5. The van der Waals surface area contributed by atoms with E-state index in [9.17, 15) is 0 Å². The van der Waals surface area contributed by atoms with Gasteiger partial charge in [0.15, 0.2) is 0 Å². The van der Waals surface area contributed by atoms with Crippen molar-refractivity contribution in [2.24, 2.45) is 0 Å². The van der Waals surface area contributed by atoms with Gasteiger partial charge in [-0.2, -0.15) is 0 Å². The molecule has 1 saturated carbocycles. The number of anilines is 1. The Morgan fingerprint density at radius 3 is 2.76 bits per heavy atom. The summed E-state index contributed by atoms with van der Waals surface area (Å²) in [6.45, 7) is 4.26. The topological polar surface area (TPSA) is 72.0 Å². The van der Waals surface area contributed by atoms with Crippen molar-refractivity contribution < 1.29 is 5.11 Å². The third kappa shape index (κ3) is 3.10. The molecule has 1 aromatic rings. The highest BCUT2D eigenvalue weighted by molar-refractivity contribution is 7.99. The summed E-state index contributed by atoms with van der Waals surface area (Å²) in [5, 5.41) is 10.2. The zero-order valence-corrected chi connectivity index (χ0v) is 11.1. The number of thioether (sulfide) groups is 1. The van der Waals surface area contributed by atoms with Gasteiger partial charge in [-0.1, -0.05) is 6.92 Å². The van der Waals surface area contributed by atoms with Crippen molar-refractivity contribution in [3.63, 3.8) is 0 Å². The third-order valence-corrected chi connectivity index (χ3v) is 4.21. The van der Waals surface area contributed by atoms with Crippen molar-refractivity contribution in [2.45, 2.75) is 49.3 Å². The molecule has 0 radical (unpaired) electrons. The van der Waals surface area contributed by atoms with Gasteiger partial charge in [0.1, 0.15) is 16.7 Å². The van der Waals surface area contributed by atoms with E-state index in [1.165, 1.54) is 12.8 Å². The second-order valence-corrected chi connectivity index (χ2v) is 6.04. The number of nitrogen functional groups attached to an aromatic ring is 1. The number of nitrogens with two attached hydrogens (primary N) is 1. The Bertz CT molecular complexity index is 407. The number of hydrogen-bond donors (Lipinski definition) is 2. The van der Waals surface area contributed by atoms with Crippen LogP contribution in [0.15, 0.2) is 5.03 Å². The highest BCUT2D eigenvalue weighted by atomic mass is 32.2. The van der Waals surface area contributed by atoms with Gasteiger partial charge in [0.25, 0.3) is 0 Å². The van der Waals surface area contributed by atoms with Crippen LogP contribution in [0, 0.1) is 6.92 Å². The van der Waals surface area contributed by atoms with Crippen LogP contribution in [0.25, 0.3) is 0 Å².